The number of nitrogens with one attached hydrogen (secondary N) is 1. The molecule has 21 heavy (non-hydrogen) atoms. The van der Waals surface area contributed by atoms with Crippen molar-refractivity contribution in [1.82, 2.24) is 5.32 Å². The van der Waals surface area contributed by atoms with E-state index in [1.807, 2.05) is 0 Å². The molecule has 2 aliphatic rings. The van der Waals surface area contributed by atoms with Gasteiger partial charge in [-0.25, -0.2) is 0 Å². The Balaban J connectivity index is 2.06. The van der Waals surface area contributed by atoms with Crippen LogP contribution in [-0.4, -0.2) is 38.3 Å². The molecule has 0 aromatic heterocycles. The number of carbonyl (C=O) groups is 2. The summed E-state index contributed by atoms with van der Waals surface area (Å²) in [4.78, 5) is 25.2. The number of ketones is 1. The molecule has 1 aromatic carbocycles. The quantitative estimate of drug-likeness (QED) is 0.622. The normalized spacial score (nSPS) is 24.4. The van der Waals surface area contributed by atoms with Crippen LogP contribution in [0, 0.1) is 0 Å². The molecule has 2 radical (unpaired) electrons. The van der Waals surface area contributed by atoms with Gasteiger partial charge in [-0.15, -0.1) is 0 Å². The van der Waals surface area contributed by atoms with Gasteiger partial charge in [-0.05, 0) is 6.07 Å². The van der Waals surface area contributed by atoms with Gasteiger partial charge in [0.15, 0.2) is 5.78 Å². The van der Waals surface area contributed by atoms with Crippen molar-refractivity contribution in [1.29, 1.82) is 0 Å². The number of amides is 1. The molecule has 1 aromatic rings. The number of benzene rings is 1. The lowest BCUT2D eigenvalue weighted by Crippen LogP contribution is -2.50. The predicted octanol–water partition coefficient (Wildman–Crippen LogP) is 1.12. The Bertz CT molecular complexity index is 629. The van der Waals surface area contributed by atoms with Gasteiger partial charge in [0.2, 0.25) is 5.91 Å². The summed E-state index contributed by atoms with van der Waals surface area (Å²) in [5, 5.41) is 3.25. The van der Waals surface area contributed by atoms with Gasteiger partial charge in [0.25, 0.3) is 0 Å². The topological polar surface area (TPSA) is 55.4 Å². The average Bonchev–Trinajstić information content (AvgIpc) is 2.69. The zero-order valence-electron chi connectivity index (χ0n) is 11.1. The summed E-state index contributed by atoms with van der Waals surface area (Å²) in [7, 11) is 5.76. The van der Waals surface area contributed by atoms with E-state index in [9.17, 15) is 9.59 Å². The van der Waals surface area contributed by atoms with Gasteiger partial charge in [0, 0.05) is 41.7 Å². The Morgan fingerprint density at radius 1 is 1.24 bits per heavy atom. The highest BCUT2D eigenvalue weighted by atomic mass is 35.5. The van der Waals surface area contributed by atoms with Crippen LogP contribution >= 0.6 is 23.2 Å². The van der Waals surface area contributed by atoms with Gasteiger partial charge in [0.1, 0.15) is 19.3 Å². The minimum atomic E-state index is -1.01. The molecule has 3 rings (SSSR count). The van der Waals surface area contributed by atoms with Crippen molar-refractivity contribution in [2.75, 3.05) is 13.2 Å². The first kappa shape index (κ1) is 14.9. The molecule has 0 bridgehead atoms. The molecular weight excluding hydrogens is 312 g/mol. The summed E-state index contributed by atoms with van der Waals surface area (Å²) in [6.45, 7) is 0.883. The van der Waals surface area contributed by atoms with Gasteiger partial charge in [-0.1, -0.05) is 34.7 Å². The lowest BCUT2D eigenvalue weighted by molar-refractivity contribution is -0.127. The Morgan fingerprint density at radius 2 is 1.90 bits per heavy atom. The summed E-state index contributed by atoms with van der Waals surface area (Å²) in [6.07, 6.45) is 0.928. The number of Topliss-reactive ketones (excluding diaryl/α,β-unsaturated/α-hetero) is 1. The standard InChI is InChI=1S/C14H12BCl2NO3/c15-7-1-2-8(16)9(11(7)17)10-12(19)14(18-13(10)20)3-5-21-6-4-14/h1-2,10H,3-6H2,(H,18,20). The second-order valence-corrected chi connectivity index (χ2v) is 6.13. The number of ether oxygens (including phenoxy) is 1. The van der Waals surface area contributed by atoms with E-state index in [2.05, 4.69) is 5.32 Å². The lowest BCUT2D eigenvalue weighted by Gasteiger charge is -2.31. The van der Waals surface area contributed by atoms with Gasteiger partial charge < -0.3 is 10.1 Å². The first-order valence-electron chi connectivity index (χ1n) is 6.64. The van der Waals surface area contributed by atoms with E-state index in [0.29, 0.717) is 37.1 Å². The Morgan fingerprint density at radius 3 is 2.57 bits per heavy atom. The summed E-state index contributed by atoms with van der Waals surface area (Å²) in [5.41, 5.74) is -0.272. The molecule has 0 aliphatic carbocycles. The second-order valence-electron chi connectivity index (χ2n) is 5.35. The Hall–Kier alpha value is -1.04. The smallest absolute Gasteiger partial charge is 0.236 e. The highest BCUT2D eigenvalue weighted by Gasteiger charge is 2.54. The molecule has 7 heteroatoms. The highest BCUT2D eigenvalue weighted by molar-refractivity contribution is 6.47. The molecule has 1 unspecified atom stereocenters. The van der Waals surface area contributed by atoms with Crippen LogP contribution in [0.4, 0.5) is 0 Å². The maximum atomic E-state index is 12.8. The second kappa shape index (κ2) is 5.31. The molecule has 1 spiro atoms. The van der Waals surface area contributed by atoms with E-state index < -0.39 is 11.5 Å². The summed E-state index contributed by atoms with van der Waals surface area (Å²) < 4.78 is 5.27. The molecular formula is C14H12BCl2NO3. The largest absolute Gasteiger partial charge is 0.381 e. The van der Waals surface area contributed by atoms with Crippen LogP contribution < -0.4 is 10.8 Å². The highest BCUT2D eigenvalue weighted by Crippen LogP contribution is 2.40. The van der Waals surface area contributed by atoms with Crippen LogP contribution in [0.1, 0.15) is 24.3 Å². The molecule has 2 fully saturated rings. The zero-order chi connectivity index (χ0) is 15.2. The molecule has 2 saturated heterocycles. The Labute approximate surface area is 133 Å². The fourth-order valence-electron chi connectivity index (χ4n) is 2.97. The molecule has 108 valence electrons. The predicted molar refractivity (Wildman–Crippen MR) is 80.5 cm³/mol. The maximum absolute atomic E-state index is 12.8. The van der Waals surface area contributed by atoms with Crippen LogP contribution in [-0.2, 0) is 14.3 Å². The van der Waals surface area contributed by atoms with E-state index in [1.54, 1.807) is 12.1 Å². The van der Waals surface area contributed by atoms with Gasteiger partial charge >= 0.3 is 0 Å². The van der Waals surface area contributed by atoms with E-state index >= 15 is 0 Å². The van der Waals surface area contributed by atoms with E-state index in [1.165, 1.54) is 0 Å². The van der Waals surface area contributed by atoms with Crippen LogP contribution in [0.5, 0.6) is 0 Å². The Kier molecular flexibility index (Phi) is 3.76. The van der Waals surface area contributed by atoms with E-state index in [4.69, 9.17) is 35.8 Å². The summed E-state index contributed by atoms with van der Waals surface area (Å²) in [6, 6.07) is 3.10. The number of rotatable bonds is 1. The molecule has 2 aliphatic heterocycles. The third-order valence-electron chi connectivity index (χ3n) is 4.15. The minimum Gasteiger partial charge on any atom is -0.381 e. The number of hydrogen-bond acceptors (Lipinski definition) is 3. The van der Waals surface area contributed by atoms with Crippen LogP contribution in [0.15, 0.2) is 12.1 Å². The van der Waals surface area contributed by atoms with Crippen LogP contribution in [0.3, 0.4) is 0 Å². The van der Waals surface area contributed by atoms with Crippen molar-refractivity contribution in [2.24, 2.45) is 0 Å². The minimum absolute atomic E-state index is 0.167. The number of halogens is 2. The van der Waals surface area contributed by atoms with Crippen LogP contribution in [0.25, 0.3) is 0 Å². The van der Waals surface area contributed by atoms with Crippen molar-refractivity contribution in [3.8, 4) is 0 Å². The van der Waals surface area contributed by atoms with E-state index in [0.717, 1.165) is 0 Å². The van der Waals surface area contributed by atoms with Gasteiger partial charge in [0.05, 0.1) is 0 Å². The average molecular weight is 324 g/mol. The van der Waals surface area contributed by atoms with Crippen molar-refractivity contribution >= 4 is 48.2 Å². The molecule has 1 atom stereocenters. The molecule has 1 amide bonds. The monoisotopic (exact) mass is 323 g/mol. The van der Waals surface area contributed by atoms with Crippen molar-refractivity contribution < 1.29 is 14.3 Å². The molecule has 2 heterocycles. The number of hydrogen-bond donors (Lipinski definition) is 1. The van der Waals surface area contributed by atoms with Crippen molar-refractivity contribution in [3.63, 3.8) is 0 Å². The third kappa shape index (κ3) is 2.28. The fraction of sp³-hybridized carbons (Fsp3) is 0.429. The summed E-state index contributed by atoms with van der Waals surface area (Å²) >= 11 is 12.3. The fourth-order valence-corrected chi connectivity index (χ4v) is 3.56. The lowest BCUT2D eigenvalue weighted by atomic mass is 9.81. The van der Waals surface area contributed by atoms with Gasteiger partial charge in [-0.2, -0.15) is 0 Å². The van der Waals surface area contributed by atoms with Gasteiger partial charge in [-0.3, -0.25) is 9.59 Å². The molecule has 0 saturated carbocycles. The first-order valence-corrected chi connectivity index (χ1v) is 7.39. The summed E-state index contributed by atoms with van der Waals surface area (Å²) in [5.74, 6) is -1.59. The SMILES string of the molecule is [B]c1ccc(Cl)c(C2C(=O)NC3(CCOCC3)C2=O)c1Cl. The molecule has 4 nitrogen and oxygen atoms in total. The third-order valence-corrected chi connectivity index (χ3v) is 4.90. The van der Waals surface area contributed by atoms with Crippen molar-refractivity contribution in [3.05, 3.63) is 27.7 Å². The van der Waals surface area contributed by atoms with Crippen molar-refractivity contribution in [2.45, 2.75) is 24.3 Å². The first-order chi connectivity index (χ1) is 9.96. The maximum Gasteiger partial charge on any atom is 0.236 e. The van der Waals surface area contributed by atoms with E-state index in [-0.39, 0.29) is 21.7 Å². The van der Waals surface area contributed by atoms with Crippen LogP contribution in [0.2, 0.25) is 10.0 Å². The number of carbonyl (C=O) groups excluding carboxylic acids is 2. The zero-order valence-corrected chi connectivity index (χ0v) is 12.6. The molecule has 1 N–H and O–H groups in total.